The SMILES string of the molecule is CSCC[C@H](NC(=O)[C@H](CC(C)C)NC(=O)CNC(=O)[C@H](Cc1ccccc1)NC(=O)[C@H](Cc1ccccc1)NC(=O)[C@H](CCC(N)=O)NC(=O)[C@@H](CCC(N)=O)NC(=O)[C@H]1CCCN1C(=O)[C@H](CCCCN)NC(=O)[C@H]1CCCN1C(=O)[C@H](N)CCCN=C(N)N)C(N)=O. The second-order valence-electron chi connectivity index (χ2n) is 24.1. The second-order valence-corrected chi connectivity index (χ2v) is 25.1. The highest BCUT2D eigenvalue weighted by Gasteiger charge is 2.42. The lowest BCUT2D eigenvalue weighted by molar-refractivity contribution is -0.144. The minimum Gasteiger partial charge on any atom is -0.370 e. The number of amides is 13. The fourth-order valence-corrected chi connectivity index (χ4v) is 11.5. The van der Waals surface area contributed by atoms with Gasteiger partial charge >= 0.3 is 0 Å². The third kappa shape index (κ3) is 27.5. The van der Waals surface area contributed by atoms with Crippen LogP contribution in [0.15, 0.2) is 65.7 Å². The van der Waals surface area contributed by atoms with Crippen LogP contribution in [0.5, 0.6) is 0 Å². The molecule has 2 aromatic rings. The molecule has 524 valence electrons. The molecule has 2 heterocycles. The Morgan fingerprint density at radius 3 is 1.51 bits per heavy atom. The number of rotatable bonds is 42. The smallest absolute Gasteiger partial charge is 0.245 e. The molecule has 0 aromatic heterocycles. The average Bonchev–Trinajstić information content (AvgIpc) is 1.74. The average molecular weight is 1350 g/mol. The summed E-state index contributed by atoms with van der Waals surface area (Å²) in [5, 5.41) is 21.1. The molecule has 0 spiro atoms. The number of aliphatic imine (C=N–C) groups is 1. The first-order chi connectivity index (χ1) is 45.2. The molecule has 0 unspecified atom stereocenters. The molecule has 95 heavy (non-hydrogen) atoms. The number of likely N-dealkylation sites (tertiary alicyclic amines) is 2. The molecule has 2 fully saturated rings. The quantitative estimate of drug-likeness (QED) is 0.0173. The highest BCUT2D eigenvalue weighted by Crippen LogP contribution is 2.24. The number of benzene rings is 2. The normalized spacial score (nSPS) is 16.8. The number of nitrogens with one attached hydrogen (secondary N) is 8. The van der Waals surface area contributed by atoms with Crippen molar-refractivity contribution >= 4 is 94.5 Å². The lowest BCUT2D eigenvalue weighted by atomic mass is 10.0. The van der Waals surface area contributed by atoms with E-state index in [9.17, 15) is 62.3 Å². The maximum Gasteiger partial charge on any atom is 0.245 e. The van der Waals surface area contributed by atoms with E-state index in [4.69, 9.17) is 40.1 Å². The molecule has 31 nitrogen and oxygen atoms in total. The predicted molar refractivity (Wildman–Crippen MR) is 356 cm³/mol. The summed E-state index contributed by atoms with van der Waals surface area (Å²) in [5.41, 5.74) is 40.6. The topological polar surface area (TPSA) is 519 Å². The minimum absolute atomic E-state index is 0.0736. The van der Waals surface area contributed by atoms with E-state index in [2.05, 4.69) is 47.5 Å². The van der Waals surface area contributed by atoms with Crippen molar-refractivity contribution in [2.24, 2.45) is 51.0 Å². The first kappa shape index (κ1) is 78.5. The summed E-state index contributed by atoms with van der Waals surface area (Å²) >= 11 is 1.45. The number of carbonyl (C=O) groups is 13. The lowest BCUT2D eigenvalue weighted by Gasteiger charge is -2.32. The molecule has 2 aromatic carbocycles. The largest absolute Gasteiger partial charge is 0.370 e. The molecular formula is C63H98N18O13S. The van der Waals surface area contributed by atoms with Crippen LogP contribution in [0.4, 0.5) is 0 Å². The number of thioether (sulfide) groups is 1. The number of nitrogens with zero attached hydrogens (tertiary/aromatic N) is 3. The fraction of sp³-hybridized carbons (Fsp3) is 0.587. The maximum atomic E-state index is 14.7. The Balaban J connectivity index is 1.56. The summed E-state index contributed by atoms with van der Waals surface area (Å²) in [6, 6.07) is 4.51. The van der Waals surface area contributed by atoms with Gasteiger partial charge in [0.05, 0.1) is 12.6 Å². The van der Waals surface area contributed by atoms with Crippen molar-refractivity contribution in [3.05, 3.63) is 71.8 Å². The fourth-order valence-electron chi connectivity index (χ4n) is 11.0. The molecule has 0 bridgehead atoms. The van der Waals surface area contributed by atoms with Gasteiger partial charge in [-0.25, -0.2) is 0 Å². The number of hydrogen-bond donors (Lipinski definition) is 15. The van der Waals surface area contributed by atoms with Gasteiger partial charge in [0.2, 0.25) is 76.8 Å². The Morgan fingerprint density at radius 1 is 0.537 bits per heavy atom. The third-order valence-corrected chi connectivity index (χ3v) is 16.7. The van der Waals surface area contributed by atoms with Gasteiger partial charge < -0.3 is 92.5 Å². The van der Waals surface area contributed by atoms with Gasteiger partial charge in [0, 0.05) is 45.3 Å². The Labute approximate surface area is 558 Å². The standard InChI is InChI=1S/C63H98N18O13S/c1-37(2)33-45(57(89)74-41(53(68)85)27-32-95-3)73-52(84)36-72-54(86)46(34-38-15-6-4-7-16-38)78-58(90)47(35-39-17-8-5-9-18-39)79-56(88)42(23-25-50(66)82)75-55(87)43(24-26-51(67)83)76-59(91)49-22-14-31-81(49)62(94)44(20-10-11-28-64)77-60(92)48-21-13-30-80(48)61(93)40(65)19-12-29-71-63(69)70/h4-9,15-18,37,40-49H,10-14,19-36,64-65H2,1-3H3,(H2,66,82)(H2,67,83)(H2,68,85)(H,72,86)(H,73,84)(H,74,89)(H,75,87)(H,76,91)(H,77,92)(H,78,90)(H,79,88)(H4,69,70,71)/t40-,41+,42+,43-,44+,45+,46+,47+,48-,49-/m1/s1. The van der Waals surface area contributed by atoms with Crippen LogP contribution < -0.4 is 82.7 Å². The van der Waals surface area contributed by atoms with E-state index in [1.807, 2.05) is 20.1 Å². The van der Waals surface area contributed by atoms with Crippen molar-refractivity contribution in [2.75, 3.05) is 44.7 Å². The van der Waals surface area contributed by atoms with E-state index in [0.717, 1.165) is 0 Å². The molecule has 0 aliphatic carbocycles. The van der Waals surface area contributed by atoms with Crippen molar-refractivity contribution in [3.8, 4) is 0 Å². The summed E-state index contributed by atoms with van der Waals surface area (Å²) in [7, 11) is 0. The predicted octanol–water partition coefficient (Wildman–Crippen LogP) is -3.71. The summed E-state index contributed by atoms with van der Waals surface area (Å²) in [5.74, 6) is -9.80. The van der Waals surface area contributed by atoms with Crippen LogP contribution >= 0.6 is 11.8 Å². The molecule has 13 amide bonds. The molecule has 22 N–H and O–H groups in total. The zero-order valence-electron chi connectivity index (χ0n) is 54.5. The van der Waals surface area contributed by atoms with Crippen LogP contribution in [0.3, 0.4) is 0 Å². The highest BCUT2D eigenvalue weighted by molar-refractivity contribution is 7.98. The number of guanidine groups is 1. The zero-order valence-corrected chi connectivity index (χ0v) is 55.3. The van der Waals surface area contributed by atoms with E-state index in [1.54, 1.807) is 60.7 Å². The van der Waals surface area contributed by atoms with E-state index in [1.165, 1.54) is 21.6 Å². The van der Waals surface area contributed by atoms with Gasteiger partial charge in [-0.05, 0) is 119 Å². The number of hydrogen-bond acceptors (Lipinski definition) is 17. The lowest BCUT2D eigenvalue weighted by Crippen LogP contribution is -2.60. The summed E-state index contributed by atoms with van der Waals surface area (Å²) in [6.07, 6.45) is 3.12. The molecule has 10 atom stereocenters. The number of unbranched alkanes of at least 4 members (excludes halogenated alkanes) is 1. The number of nitrogens with two attached hydrogens (primary N) is 7. The van der Waals surface area contributed by atoms with E-state index in [-0.39, 0.29) is 83.0 Å². The minimum atomic E-state index is -1.64. The number of primary amides is 3. The molecule has 0 saturated carbocycles. The van der Waals surface area contributed by atoms with Crippen molar-refractivity contribution in [1.29, 1.82) is 0 Å². The first-order valence-electron chi connectivity index (χ1n) is 32.2. The molecule has 0 radical (unpaired) electrons. The van der Waals surface area contributed by atoms with Crippen LogP contribution in [0.25, 0.3) is 0 Å². The van der Waals surface area contributed by atoms with Gasteiger partial charge in [0.1, 0.15) is 54.4 Å². The van der Waals surface area contributed by atoms with Crippen LogP contribution in [-0.4, -0.2) is 198 Å². The van der Waals surface area contributed by atoms with Gasteiger partial charge in [-0.2, -0.15) is 11.8 Å². The third-order valence-electron chi connectivity index (χ3n) is 16.0. The zero-order chi connectivity index (χ0) is 70.1. The van der Waals surface area contributed by atoms with Crippen molar-refractivity contribution in [2.45, 2.75) is 183 Å². The van der Waals surface area contributed by atoms with E-state index >= 15 is 0 Å². The van der Waals surface area contributed by atoms with Crippen LogP contribution in [0.2, 0.25) is 0 Å². The van der Waals surface area contributed by atoms with Crippen molar-refractivity contribution < 1.29 is 62.3 Å². The monoisotopic (exact) mass is 1350 g/mol. The Bertz CT molecular complexity index is 2960. The van der Waals surface area contributed by atoms with Gasteiger partial charge in [0.25, 0.3) is 0 Å². The van der Waals surface area contributed by atoms with E-state index in [0.29, 0.717) is 55.4 Å². The van der Waals surface area contributed by atoms with Crippen LogP contribution in [0.1, 0.15) is 121 Å². The van der Waals surface area contributed by atoms with Gasteiger partial charge in [-0.15, -0.1) is 0 Å². The highest BCUT2D eigenvalue weighted by atomic mass is 32.2. The van der Waals surface area contributed by atoms with Gasteiger partial charge in [-0.1, -0.05) is 74.5 Å². The van der Waals surface area contributed by atoms with Crippen LogP contribution in [0, 0.1) is 5.92 Å². The van der Waals surface area contributed by atoms with Gasteiger partial charge in [-0.3, -0.25) is 67.3 Å². The Morgan fingerprint density at radius 2 is 1.01 bits per heavy atom. The number of carbonyl (C=O) groups excluding carboxylic acids is 13. The molecule has 32 heteroatoms. The molecule has 2 aliphatic rings. The summed E-state index contributed by atoms with van der Waals surface area (Å²) in [6.45, 7) is 3.86. The Hall–Kier alpha value is -8.91. The van der Waals surface area contributed by atoms with Crippen LogP contribution in [-0.2, 0) is 75.2 Å². The van der Waals surface area contributed by atoms with Gasteiger partial charge in [0.15, 0.2) is 5.96 Å². The molecule has 2 saturated heterocycles. The van der Waals surface area contributed by atoms with Crippen molar-refractivity contribution in [1.82, 2.24) is 52.3 Å². The summed E-state index contributed by atoms with van der Waals surface area (Å²) < 4.78 is 0. The van der Waals surface area contributed by atoms with E-state index < -0.39 is 169 Å². The Kier molecular flexibility index (Phi) is 33.9. The van der Waals surface area contributed by atoms with Crippen molar-refractivity contribution in [3.63, 3.8) is 0 Å². The maximum absolute atomic E-state index is 14.7. The first-order valence-corrected chi connectivity index (χ1v) is 33.6. The molecule has 4 rings (SSSR count). The molecular weight excluding hydrogens is 1250 g/mol. The molecule has 2 aliphatic heterocycles. The second kappa shape index (κ2) is 41.0. The summed E-state index contributed by atoms with van der Waals surface area (Å²) in [4.78, 5) is 185.